The Kier molecular flexibility index (Phi) is 6.74. The van der Waals surface area contributed by atoms with Crippen molar-refractivity contribution >= 4 is 44.9 Å². The first-order valence-electron chi connectivity index (χ1n) is 12.9. The molecular weight excluding hydrogens is 486 g/mol. The van der Waals surface area contributed by atoms with Gasteiger partial charge in [-0.25, -0.2) is 9.78 Å². The number of likely N-dealkylation sites (tertiary alicyclic amines) is 1. The van der Waals surface area contributed by atoms with Gasteiger partial charge >= 0.3 is 6.09 Å². The lowest BCUT2D eigenvalue weighted by Gasteiger charge is -2.29. The minimum atomic E-state index is -0.483. The molecule has 2 aliphatic heterocycles. The maximum Gasteiger partial charge on any atom is 0.410 e. The first-order chi connectivity index (χ1) is 17.6. The number of nitrogens with zero attached hydrogens (tertiary/aromatic N) is 3. The van der Waals surface area contributed by atoms with Crippen molar-refractivity contribution in [1.29, 1.82) is 0 Å². The van der Waals surface area contributed by atoms with Gasteiger partial charge in [-0.3, -0.25) is 4.79 Å². The molecule has 2 fully saturated rings. The van der Waals surface area contributed by atoms with Crippen molar-refractivity contribution in [3.63, 3.8) is 0 Å². The molecule has 2 aromatic heterocycles. The number of nitrogens with two attached hydrogens (primary N) is 1. The van der Waals surface area contributed by atoms with Crippen LogP contribution in [0.25, 0.3) is 10.2 Å². The van der Waals surface area contributed by atoms with E-state index in [0.29, 0.717) is 23.2 Å². The predicted octanol–water partition coefficient (Wildman–Crippen LogP) is 4.75. The fourth-order valence-corrected chi connectivity index (χ4v) is 6.42. The molecule has 0 saturated carbocycles. The van der Waals surface area contributed by atoms with Crippen LogP contribution in [0.1, 0.15) is 54.5 Å². The summed E-state index contributed by atoms with van der Waals surface area (Å²) in [6.45, 7) is 9.83. The number of aromatic nitrogens is 1. The standard InChI is InChI=1S/C28H35N5O3S/c1-17-5-10-20-23(29)24(37-26(20)31-17)25(34)30-14-11-18-6-8-19(9-7-18)32-15-12-22-21(32)13-16-33(22)27(35)36-28(2,3)4/h5-10,21-22H,11-16,29H2,1-4H3,(H,30,34). The lowest BCUT2D eigenvalue weighted by molar-refractivity contribution is 0.0228. The fourth-order valence-electron chi connectivity index (χ4n) is 5.37. The number of pyridine rings is 1. The molecule has 2 unspecified atom stereocenters. The second-order valence-electron chi connectivity index (χ2n) is 10.9. The number of thiophene rings is 1. The van der Waals surface area contributed by atoms with Crippen LogP contribution in [0.4, 0.5) is 16.2 Å². The zero-order valence-electron chi connectivity index (χ0n) is 21.9. The van der Waals surface area contributed by atoms with Crippen molar-refractivity contribution in [2.24, 2.45) is 0 Å². The van der Waals surface area contributed by atoms with Crippen LogP contribution in [0, 0.1) is 6.92 Å². The fraction of sp³-hybridized carbons (Fsp3) is 0.464. The highest BCUT2D eigenvalue weighted by Gasteiger charge is 2.45. The van der Waals surface area contributed by atoms with Crippen molar-refractivity contribution in [3.05, 3.63) is 52.5 Å². The summed E-state index contributed by atoms with van der Waals surface area (Å²) >= 11 is 1.33. The highest BCUT2D eigenvalue weighted by molar-refractivity contribution is 7.21. The second-order valence-corrected chi connectivity index (χ2v) is 11.9. The zero-order valence-corrected chi connectivity index (χ0v) is 22.7. The van der Waals surface area contributed by atoms with E-state index in [1.165, 1.54) is 17.0 Å². The van der Waals surface area contributed by atoms with Crippen LogP contribution >= 0.6 is 11.3 Å². The number of ether oxygens (including phenoxy) is 1. The average Bonchev–Trinajstić information content (AvgIpc) is 3.52. The summed E-state index contributed by atoms with van der Waals surface area (Å²) in [7, 11) is 0. The van der Waals surface area contributed by atoms with Crippen LogP contribution in [-0.2, 0) is 11.2 Å². The van der Waals surface area contributed by atoms with Crippen LogP contribution < -0.4 is 16.0 Å². The van der Waals surface area contributed by atoms with Crippen LogP contribution in [0.3, 0.4) is 0 Å². The van der Waals surface area contributed by atoms with Crippen LogP contribution in [0.2, 0.25) is 0 Å². The maximum atomic E-state index is 12.7. The van der Waals surface area contributed by atoms with E-state index < -0.39 is 5.60 Å². The van der Waals surface area contributed by atoms with Gasteiger partial charge in [0.1, 0.15) is 15.3 Å². The molecule has 4 heterocycles. The maximum absolute atomic E-state index is 12.7. The van der Waals surface area contributed by atoms with Gasteiger partial charge in [-0.1, -0.05) is 12.1 Å². The Morgan fingerprint density at radius 2 is 1.84 bits per heavy atom. The van der Waals surface area contributed by atoms with Crippen LogP contribution in [0.15, 0.2) is 36.4 Å². The highest BCUT2D eigenvalue weighted by Crippen LogP contribution is 2.36. The number of carbonyl (C=O) groups is 2. The molecule has 2 amide bonds. The number of nitrogen functional groups attached to an aromatic ring is 1. The molecule has 196 valence electrons. The Morgan fingerprint density at radius 1 is 1.11 bits per heavy atom. The van der Waals surface area contributed by atoms with Crippen molar-refractivity contribution < 1.29 is 14.3 Å². The minimum Gasteiger partial charge on any atom is -0.444 e. The Bertz CT molecular complexity index is 1310. The number of hydrogen-bond acceptors (Lipinski definition) is 7. The smallest absolute Gasteiger partial charge is 0.410 e. The highest BCUT2D eigenvalue weighted by atomic mass is 32.1. The Balaban J connectivity index is 1.15. The Hall–Kier alpha value is -3.33. The molecule has 3 N–H and O–H groups in total. The van der Waals surface area contributed by atoms with Gasteiger partial charge in [-0.15, -0.1) is 11.3 Å². The van der Waals surface area contributed by atoms with E-state index in [0.717, 1.165) is 53.8 Å². The number of carbonyl (C=O) groups excluding carboxylic acids is 2. The molecular formula is C28H35N5O3S. The SMILES string of the molecule is Cc1ccc2c(N)c(C(=O)NCCc3ccc(N4CCC5C4CCN5C(=O)OC(C)(C)C)cc3)sc2n1. The average molecular weight is 522 g/mol. The van der Waals surface area contributed by atoms with Crippen LogP contribution in [-0.4, -0.2) is 59.2 Å². The first-order valence-corrected chi connectivity index (χ1v) is 13.7. The Morgan fingerprint density at radius 3 is 2.57 bits per heavy atom. The van der Waals surface area contributed by atoms with E-state index >= 15 is 0 Å². The first kappa shape index (κ1) is 25.3. The van der Waals surface area contributed by atoms with Gasteiger partial charge in [-0.2, -0.15) is 0 Å². The molecule has 1 aromatic carbocycles. The zero-order chi connectivity index (χ0) is 26.3. The minimum absolute atomic E-state index is 0.159. The molecule has 0 aliphatic carbocycles. The van der Waals surface area contributed by atoms with Gasteiger partial charge in [0.25, 0.3) is 5.91 Å². The van der Waals surface area contributed by atoms with Gasteiger partial charge in [-0.05, 0) is 76.8 Å². The van der Waals surface area contributed by atoms with Gasteiger partial charge in [0.05, 0.1) is 17.8 Å². The largest absolute Gasteiger partial charge is 0.444 e. The molecule has 2 atom stereocenters. The number of benzene rings is 1. The molecule has 0 spiro atoms. The van der Waals surface area contributed by atoms with Gasteiger partial charge in [0, 0.05) is 36.4 Å². The monoisotopic (exact) mass is 521 g/mol. The normalized spacial score (nSPS) is 19.4. The summed E-state index contributed by atoms with van der Waals surface area (Å²) in [5.41, 5.74) is 9.46. The lowest BCUT2D eigenvalue weighted by atomic mass is 10.1. The molecule has 8 nitrogen and oxygen atoms in total. The quantitative estimate of drug-likeness (QED) is 0.503. The number of nitrogens with one attached hydrogen (secondary N) is 1. The van der Waals surface area contributed by atoms with Gasteiger partial charge < -0.3 is 25.6 Å². The topological polar surface area (TPSA) is 101 Å². The third-order valence-corrected chi connectivity index (χ3v) is 8.22. The van der Waals surface area contributed by atoms with E-state index in [-0.39, 0.29) is 18.0 Å². The number of rotatable bonds is 5. The summed E-state index contributed by atoms with van der Waals surface area (Å²) in [5.74, 6) is -0.159. The molecule has 0 radical (unpaired) electrons. The number of aryl methyl sites for hydroxylation is 1. The summed E-state index contributed by atoms with van der Waals surface area (Å²) < 4.78 is 5.62. The van der Waals surface area contributed by atoms with E-state index in [1.54, 1.807) is 0 Å². The molecule has 3 aromatic rings. The lowest BCUT2D eigenvalue weighted by Crippen LogP contribution is -2.42. The van der Waals surface area contributed by atoms with Gasteiger partial charge in [0.2, 0.25) is 0 Å². The number of anilines is 2. The van der Waals surface area contributed by atoms with Crippen LogP contribution in [0.5, 0.6) is 0 Å². The van der Waals surface area contributed by atoms with Crippen molar-refractivity contribution in [2.45, 2.75) is 64.6 Å². The van der Waals surface area contributed by atoms with E-state index in [9.17, 15) is 9.59 Å². The number of hydrogen-bond donors (Lipinski definition) is 2. The molecule has 0 bridgehead atoms. The molecule has 2 aliphatic rings. The molecule has 37 heavy (non-hydrogen) atoms. The van der Waals surface area contributed by atoms with Crippen molar-refractivity contribution in [2.75, 3.05) is 30.3 Å². The van der Waals surface area contributed by atoms with E-state index in [4.69, 9.17) is 10.5 Å². The van der Waals surface area contributed by atoms with Crippen molar-refractivity contribution in [1.82, 2.24) is 15.2 Å². The molecule has 9 heteroatoms. The van der Waals surface area contributed by atoms with Gasteiger partial charge in [0.15, 0.2) is 0 Å². The summed E-state index contributed by atoms with van der Waals surface area (Å²) in [4.78, 5) is 35.5. The third-order valence-electron chi connectivity index (χ3n) is 7.11. The summed E-state index contributed by atoms with van der Waals surface area (Å²) in [5, 5.41) is 3.83. The third kappa shape index (κ3) is 5.23. The number of amides is 2. The van der Waals surface area contributed by atoms with E-state index in [1.807, 2.05) is 44.7 Å². The van der Waals surface area contributed by atoms with E-state index in [2.05, 4.69) is 39.5 Å². The number of fused-ring (bicyclic) bond motifs is 2. The Labute approximate surface area is 221 Å². The predicted molar refractivity (Wildman–Crippen MR) is 148 cm³/mol. The second kappa shape index (κ2) is 9.85. The summed E-state index contributed by atoms with van der Waals surface area (Å²) in [6.07, 6.45) is 2.43. The summed E-state index contributed by atoms with van der Waals surface area (Å²) in [6, 6.07) is 12.9. The van der Waals surface area contributed by atoms with Crippen molar-refractivity contribution in [3.8, 4) is 0 Å². The molecule has 2 saturated heterocycles. The molecule has 5 rings (SSSR count).